The summed E-state index contributed by atoms with van der Waals surface area (Å²) in [5.74, 6) is -0.362. The molecule has 0 bridgehead atoms. The van der Waals surface area contributed by atoms with Gasteiger partial charge in [0.05, 0.1) is 31.9 Å². The summed E-state index contributed by atoms with van der Waals surface area (Å²) in [5.41, 5.74) is 8.31. The van der Waals surface area contributed by atoms with Gasteiger partial charge in [-0.2, -0.15) is 0 Å². The lowest BCUT2D eigenvalue weighted by Gasteiger charge is -2.35. The molecule has 0 spiro atoms. The van der Waals surface area contributed by atoms with Gasteiger partial charge < -0.3 is 24.7 Å². The fourth-order valence-corrected chi connectivity index (χ4v) is 4.24. The average molecular weight is 443 g/mol. The van der Waals surface area contributed by atoms with Crippen molar-refractivity contribution in [3.63, 3.8) is 0 Å². The van der Waals surface area contributed by atoms with Gasteiger partial charge >= 0.3 is 0 Å². The highest BCUT2D eigenvalue weighted by molar-refractivity contribution is 6.32. The molecule has 3 aromatic rings. The van der Waals surface area contributed by atoms with Crippen molar-refractivity contribution in [3.05, 3.63) is 58.4 Å². The molecule has 2 aromatic heterocycles. The number of aromatic nitrogens is 2. The second-order valence-corrected chi connectivity index (χ2v) is 7.92. The fraction of sp³-hybridized carbons (Fsp3) is 0.318. The lowest BCUT2D eigenvalue weighted by Crippen LogP contribution is -2.49. The van der Waals surface area contributed by atoms with Gasteiger partial charge in [0.1, 0.15) is 5.02 Å². The number of nitrogens with zero attached hydrogens (tertiary/aromatic N) is 3. The van der Waals surface area contributed by atoms with Crippen molar-refractivity contribution >= 4 is 34.3 Å². The predicted octanol–water partition coefficient (Wildman–Crippen LogP) is 2.42. The van der Waals surface area contributed by atoms with Crippen LogP contribution < -0.4 is 10.5 Å². The normalized spacial score (nSPS) is 16.5. The highest BCUT2D eigenvalue weighted by atomic mass is 35.5. The van der Waals surface area contributed by atoms with Gasteiger partial charge in [0.2, 0.25) is 11.8 Å². The van der Waals surface area contributed by atoms with Crippen LogP contribution in [-0.4, -0.2) is 59.2 Å². The molecule has 4 rings (SSSR count). The summed E-state index contributed by atoms with van der Waals surface area (Å²) in [6.07, 6.45) is 4.05. The third-order valence-corrected chi connectivity index (χ3v) is 5.82. The van der Waals surface area contributed by atoms with E-state index in [2.05, 4.69) is 4.98 Å². The quantitative estimate of drug-likeness (QED) is 0.654. The number of amides is 2. The molecule has 1 saturated heterocycles. The van der Waals surface area contributed by atoms with Crippen LogP contribution in [0.1, 0.15) is 26.3 Å². The van der Waals surface area contributed by atoms with Crippen LogP contribution in [0.25, 0.3) is 10.9 Å². The standard InChI is InChI=1S/C22H23ClN4O4/c1-26-11-15(17-8-13(20(24)28)3-4-19(17)26)7-16-12-31-6-5-27(16)22(29)14-9-18(23)21(30-2)25-10-14/h3-4,8-11,16H,5-7,12H2,1-2H3,(H2,24,28)/t16-/m0/s1. The summed E-state index contributed by atoms with van der Waals surface area (Å²) in [7, 11) is 3.42. The summed E-state index contributed by atoms with van der Waals surface area (Å²) >= 11 is 6.16. The van der Waals surface area contributed by atoms with Crippen molar-refractivity contribution in [2.24, 2.45) is 12.8 Å². The molecular weight excluding hydrogens is 420 g/mol. The van der Waals surface area contributed by atoms with Crippen LogP contribution in [0.4, 0.5) is 0 Å². The first-order valence-electron chi connectivity index (χ1n) is 9.85. The molecule has 1 aliphatic rings. The zero-order valence-electron chi connectivity index (χ0n) is 17.3. The molecule has 2 N–H and O–H groups in total. The molecule has 31 heavy (non-hydrogen) atoms. The zero-order chi connectivity index (χ0) is 22.1. The maximum absolute atomic E-state index is 13.2. The number of ether oxygens (including phenoxy) is 2. The third kappa shape index (κ3) is 4.08. The van der Waals surface area contributed by atoms with Crippen molar-refractivity contribution in [1.82, 2.24) is 14.5 Å². The number of carbonyl (C=O) groups is 2. The van der Waals surface area contributed by atoms with Gasteiger partial charge in [0.15, 0.2) is 0 Å². The predicted molar refractivity (Wildman–Crippen MR) is 117 cm³/mol. The second kappa shape index (κ2) is 8.56. The van der Waals surface area contributed by atoms with E-state index in [0.29, 0.717) is 37.3 Å². The Morgan fingerprint density at radius 3 is 2.84 bits per heavy atom. The number of nitrogens with two attached hydrogens (primary N) is 1. The molecular formula is C22H23ClN4O4. The van der Waals surface area contributed by atoms with E-state index in [1.165, 1.54) is 13.3 Å². The average Bonchev–Trinajstić information content (AvgIpc) is 3.08. The molecule has 9 heteroatoms. The van der Waals surface area contributed by atoms with Crippen LogP contribution in [0.2, 0.25) is 5.02 Å². The van der Waals surface area contributed by atoms with Crippen molar-refractivity contribution in [3.8, 4) is 5.88 Å². The lowest BCUT2D eigenvalue weighted by atomic mass is 10.0. The van der Waals surface area contributed by atoms with Crippen LogP contribution in [-0.2, 0) is 18.2 Å². The number of hydrogen-bond acceptors (Lipinski definition) is 5. The monoisotopic (exact) mass is 442 g/mol. The summed E-state index contributed by atoms with van der Waals surface area (Å²) in [6, 6.07) is 6.79. The van der Waals surface area contributed by atoms with Gasteiger partial charge in [0, 0.05) is 42.5 Å². The number of halogens is 1. The van der Waals surface area contributed by atoms with Crippen molar-refractivity contribution in [2.45, 2.75) is 12.5 Å². The van der Waals surface area contributed by atoms with Gasteiger partial charge in [-0.3, -0.25) is 9.59 Å². The molecule has 2 amide bonds. The van der Waals surface area contributed by atoms with E-state index in [-0.39, 0.29) is 22.9 Å². The Hall–Kier alpha value is -3.10. The molecule has 0 aliphatic carbocycles. The van der Waals surface area contributed by atoms with Crippen LogP contribution in [0.3, 0.4) is 0 Å². The molecule has 1 aromatic carbocycles. The molecule has 1 fully saturated rings. The molecule has 162 valence electrons. The highest BCUT2D eigenvalue weighted by Crippen LogP contribution is 2.27. The molecule has 0 saturated carbocycles. The Morgan fingerprint density at radius 1 is 1.32 bits per heavy atom. The minimum absolute atomic E-state index is 0.164. The van der Waals surface area contributed by atoms with E-state index in [0.717, 1.165) is 16.5 Å². The largest absolute Gasteiger partial charge is 0.480 e. The first-order chi connectivity index (χ1) is 14.9. The van der Waals surface area contributed by atoms with Crippen LogP contribution in [0.15, 0.2) is 36.7 Å². The number of primary amides is 1. The smallest absolute Gasteiger partial charge is 0.255 e. The van der Waals surface area contributed by atoms with Gasteiger partial charge in [-0.15, -0.1) is 0 Å². The molecule has 1 atom stereocenters. The minimum Gasteiger partial charge on any atom is -0.480 e. The van der Waals surface area contributed by atoms with Crippen molar-refractivity contribution < 1.29 is 19.1 Å². The Bertz CT molecular complexity index is 1160. The van der Waals surface area contributed by atoms with Crippen LogP contribution in [0.5, 0.6) is 5.88 Å². The highest BCUT2D eigenvalue weighted by Gasteiger charge is 2.30. The fourth-order valence-electron chi connectivity index (χ4n) is 3.99. The minimum atomic E-state index is -0.474. The SMILES string of the molecule is COc1ncc(C(=O)N2CCOC[C@@H]2Cc2cn(C)c3ccc(C(N)=O)cc23)cc1Cl. The lowest BCUT2D eigenvalue weighted by molar-refractivity contribution is -0.00158. The number of rotatable bonds is 5. The van der Waals surface area contributed by atoms with Gasteiger partial charge in [-0.1, -0.05) is 11.6 Å². The summed E-state index contributed by atoms with van der Waals surface area (Å²) < 4.78 is 12.7. The summed E-state index contributed by atoms with van der Waals surface area (Å²) in [6.45, 7) is 1.33. The number of methoxy groups -OCH3 is 1. The topological polar surface area (TPSA) is 99.7 Å². The number of fused-ring (bicyclic) bond motifs is 1. The van der Waals surface area contributed by atoms with Crippen LogP contribution in [0, 0.1) is 0 Å². The Morgan fingerprint density at radius 2 is 2.13 bits per heavy atom. The summed E-state index contributed by atoms with van der Waals surface area (Å²) in [5, 5.41) is 1.22. The van der Waals surface area contributed by atoms with E-state index < -0.39 is 5.91 Å². The second-order valence-electron chi connectivity index (χ2n) is 7.51. The number of aryl methyl sites for hydroxylation is 1. The molecule has 8 nitrogen and oxygen atoms in total. The number of hydrogen-bond donors (Lipinski definition) is 1. The Labute approximate surface area is 184 Å². The van der Waals surface area contributed by atoms with Gasteiger partial charge in [-0.05, 0) is 36.2 Å². The third-order valence-electron chi connectivity index (χ3n) is 5.55. The Balaban J connectivity index is 1.64. The molecule has 1 aliphatic heterocycles. The number of carbonyl (C=O) groups excluding carboxylic acids is 2. The number of pyridine rings is 1. The van der Waals surface area contributed by atoms with Crippen molar-refractivity contribution in [1.29, 1.82) is 0 Å². The molecule has 0 unspecified atom stereocenters. The Kier molecular flexibility index (Phi) is 5.84. The van der Waals surface area contributed by atoms with E-state index >= 15 is 0 Å². The first kappa shape index (κ1) is 21.1. The number of morpholine rings is 1. The van der Waals surface area contributed by atoms with Gasteiger partial charge in [-0.25, -0.2) is 4.98 Å². The van der Waals surface area contributed by atoms with E-state index in [9.17, 15) is 9.59 Å². The van der Waals surface area contributed by atoms with E-state index in [1.807, 2.05) is 23.9 Å². The maximum Gasteiger partial charge on any atom is 0.255 e. The van der Waals surface area contributed by atoms with Crippen LogP contribution >= 0.6 is 11.6 Å². The summed E-state index contributed by atoms with van der Waals surface area (Å²) in [4.78, 5) is 30.8. The maximum atomic E-state index is 13.2. The zero-order valence-corrected chi connectivity index (χ0v) is 18.1. The molecule has 3 heterocycles. The van der Waals surface area contributed by atoms with E-state index in [1.54, 1.807) is 23.1 Å². The van der Waals surface area contributed by atoms with E-state index in [4.69, 9.17) is 26.8 Å². The van der Waals surface area contributed by atoms with Gasteiger partial charge in [0.25, 0.3) is 5.91 Å². The number of benzene rings is 1. The first-order valence-corrected chi connectivity index (χ1v) is 10.2. The van der Waals surface area contributed by atoms with Crippen molar-refractivity contribution in [2.75, 3.05) is 26.9 Å². The molecule has 0 radical (unpaired) electrons.